The van der Waals surface area contributed by atoms with Gasteiger partial charge in [-0.25, -0.2) is 0 Å². The van der Waals surface area contributed by atoms with Gasteiger partial charge in [0.25, 0.3) is 0 Å². The summed E-state index contributed by atoms with van der Waals surface area (Å²) in [5, 5.41) is 3.08. The van der Waals surface area contributed by atoms with Crippen molar-refractivity contribution in [2.75, 3.05) is 20.2 Å². The van der Waals surface area contributed by atoms with Crippen LogP contribution >= 0.6 is 0 Å². The zero-order valence-electron chi connectivity index (χ0n) is 15.6. The molecule has 2 aliphatic heterocycles. The molecule has 2 aromatic carbocycles. The molecule has 0 unspecified atom stereocenters. The molecule has 2 aliphatic rings. The molecule has 2 aromatic rings. The fraction of sp³-hybridized carbons (Fsp3) is 0.409. The highest BCUT2D eigenvalue weighted by atomic mass is 16.5. The van der Waals surface area contributed by atoms with Crippen LogP contribution in [0.3, 0.4) is 0 Å². The number of amides is 1. The van der Waals surface area contributed by atoms with Crippen LogP contribution in [0.2, 0.25) is 0 Å². The molecule has 0 saturated carbocycles. The number of carbonyl (C=O) groups excluding carboxylic acids is 1. The second kappa shape index (κ2) is 8.11. The van der Waals surface area contributed by atoms with Crippen molar-refractivity contribution in [2.45, 2.75) is 31.7 Å². The second-order valence-electron chi connectivity index (χ2n) is 7.39. The van der Waals surface area contributed by atoms with E-state index >= 15 is 0 Å². The minimum Gasteiger partial charge on any atom is -0.497 e. The van der Waals surface area contributed by atoms with Crippen LogP contribution in [0.5, 0.6) is 5.75 Å². The Bertz CT molecular complexity index is 780. The summed E-state index contributed by atoms with van der Waals surface area (Å²) in [6.07, 6.45) is 0.923. The van der Waals surface area contributed by atoms with E-state index in [2.05, 4.69) is 22.3 Å². The Hall–Kier alpha value is -2.37. The molecule has 2 saturated heterocycles. The first-order valence-corrected chi connectivity index (χ1v) is 9.53. The third kappa shape index (κ3) is 4.31. The molecule has 0 aromatic heterocycles. The molecule has 0 aliphatic carbocycles. The number of hydrogen-bond acceptors (Lipinski definition) is 4. The van der Waals surface area contributed by atoms with E-state index in [4.69, 9.17) is 9.47 Å². The lowest BCUT2D eigenvalue weighted by molar-refractivity contribution is -0.128. The van der Waals surface area contributed by atoms with E-state index in [9.17, 15) is 4.79 Å². The summed E-state index contributed by atoms with van der Waals surface area (Å²) in [4.78, 5) is 15.1. The van der Waals surface area contributed by atoms with E-state index in [0.717, 1.165) is 37.4 Å². The van der Waals surface area contributed by atoms with Gasteiger partial charge < -0.3 is 14.8 Å². The van der Waals surface area contributed by atoms with E-state index in [1.807, 2.05) is 42.5 Å². The van der Waals surface area contributed by atoms with Gasteiger partial charge in [-0.05, 0) is 29.7 Å². The summed E-state index contributed by atoms with van der Waals surface area (Å²) in [7, 11) is 1.69. The van der Waals surface area contributed by atoms with Crippen LogP contribution in [0.4, 0.5) is 0 Å². The van der Waals surface area contributed by atoms with Gasteiger partial charge in [-0.1, -0.05) is 42.5 Å². The number of ether oxygens (including phenoxy) is 2. The smallest absolute Gasteiger partial charge is 0.226 e. The minimum absolute atomic E-state index is 0.0230. The van der Waals surface area contributed by atoms with Gasteiger partial charge in [-0.2, -0.15) is 0 Å². The van der Waals surface area contributed by atoms with Crippen molar-refractivity contribution in [3.05, 3.63) is 65.7 Å². The molecular weight excluding hydrogens is 340 g/mol. The first kappa shape index (κ1) is 18.0. The molecule has 5 nitrogen and oxygen atoms in total. The SMILES string of the molecule is COc1cccc(CN2C[C@H]3C[C@H](C(=O)NCc4ccccc4)[C@@H](C2)O3)c1. The Morgan fingerprint density at radius 1 is 1.15 bits per heavy atom. The standard InChI is InChI=1S/C22H26N2O3/c1-26-18-9-5-8-17(10-18)13-24-14-19-11-20(21(15-24)27-19)22(25)23-12-16-6-3-2-4-7-16/h2-10,19-21H,11-15H2,1H3,(H,23,25)/t19-,20+,21-/m1/s1. The Balaban J connectivity index is 1.33. The van der Waals surface area contributed by atoms with Crippen LogP contribution < -0.4 is 10.1 Å². The zero-order chi connectivity index (χ0) is 18.6. The van der Waals surface area contributed by atoms with Crippen LogP contribution in [-0.4, -0.2) is 43.2 Å². The maximum absolute atomic E-state index is 12.7. The molecule has 0 radical (unpaired) electrons. The molecule has 4 rings (SSSR count). The molecule has 142 valence electrons. The topological polar surface area (TPSA) is 50.8 Å². The molecule has 5 heteroatoms. The highest BCUT2D eigenvalue weighted by Gasteiger charge is 2.44. The molecule has 27 heavy (non-hydrogen) atoms. The average molecular weight is 366 g/mol. The highest BCUT2D eigenvalue weighted by molar-refractivity contribution is 5.79. The predicted octanol–water partition coefficient (Wildman–Crippen LogP) is 2.60. The number of rotatable bonds is 6. The van der Waals surface area contributed by atoms with Gasteiger partial charge in [0.1, 0.15) is 5.75 Å². The normalized spacial score (nSPS) is 24.6. The van der Waals surface area contributed by atoms with Crippen molar-refractivity contribution in [3.8, 4) is 5.75 Å². The van der Waals surface area contributed by atoms with Gasteiger partial charge in [-0.15, -0.1) is 0 Å². The molecule has 0 spiro atoms. The first-order valence-electron chi connectivity index (χ1n) is 9.53. The molecule has 3 atom stereocenters. The monoisotopic (exact) mass is 366 g/mol. The molecular formula is C22H26N2O3. The van der Waals surface area contributed by atoms with Crippen molar-refractivity contribution >= 4 is 5.91 Å². The van der Waals surface area contributed by atoms with Crippen LogP contribution in [0, 0.1) is 5.92 Å². The fourth-order valence-corrected chi connectivity index (χ4v) is 4.09. The maximum Gasteiger partial charge on any atom is 0.226 e. The number of likely N-dealkylation sites (tertiary alicyclic amines) is 1. The predicted molar refractivity (Wildman–Crippen MR) is 103 cm³/mol. The number of carbonyl (C=O) groups is 1. The van der Waals surface area contributed by atoms with Crippen molar-refractivity contribution in [1.29, 1.82) is 0 Å². The van der Waals surface area contributed by atoms with Gasteiger partial charge in [0.15, 0.2) is 0 Å². The second-order valence-corrected chi connectivity index (χ2v) is 7.39. The van der Waals surface area contributed by atoms with Crippen molar-refractivity contribution < 1.29 is 14.3 Å². The molecule has 2 heterocycles. The summed E-state index contributed by atoms with van der Waals surface area (Å²) >= 11 is 0. The van der Waals surface area contributed by atoms with Crippen LogP contribution in [0.15, 0.2) is 54.6 Å². The van der Waals surface area contributed by atoms with Crippen molar-refractivity contribution in [3.63, 3.8) is 0 Å². The molecule has 2 bridgehead atoms. The quantitative estimate of drug-likeness (QED) is 0.854. The maximum atomic E-state index is 12.7. The Labute approximate surface area is 160 Å². The van der Waals surface area contributed by atoms with E-state index in [-0.39, 0.29) is 24.0 Å². The molecule has 1 amide bonds. The lowest BCUT2D eigenvalue weighted by Crippen LogP contribution is -2.44. The lowest BCUT2D eigenvalue weighted by Gasteiger charge is -2.32. The number of nitrogens with zero attached hydrogens (tertiary/aromatic N) is 1. The van der Waals surface area contributed by atoms with E-state index in [1.54, 1.807) is 7.11 Å². The number of nitrogens with one attached hydrogen (secondary N) is 1. The van der Waals surface area contributed by atoms with Gasteiger partial charge in [0, 0.05) is 26.2 Å². The number of fused-ring (bicyclic) bond motifs is 2. The van der Waals surface area contributed by atoms with Crippen LogP contribution in [-0.2, 0) is 22.6 Å². The summed E-state index contributed by atoms with van der Waals surface area (Å²) in [5.74, 6) is 0.922. The van der Waals surface area contributed by atoms with Gasteiger partial charge >= 0.3 is 0 Å². The highest BCUT2D eigenvalue weighted by Crippen LogP contribution is 2.33. The Kier molecular flexibility index (Phi) is 5.41. The van der Waals surface area contributed by atoms with Crippen LogP contribution in [0.25, 0.3) is 0 Å². The molecule has 2 fully saturated rings. The van der Waals surface area contributed by atoms with Gasteiger partial charge in [0.05, 0.1) is 25.2 Å². The summed E-state index contributed by atoms with van der Waals surface area (Å²) in [6, 6.07) is 18.2. The minimum atomic E-state index is -0.0611. The van der Waals surface area contributed by atoms with Crippen molar-refractivity contribution in [1.82, 2.24) is 10.2 Å². The van der Waals surface area contributed by atoms with E-state index < -0.39 is 0 Å². The van der Waals surface area contributed by atoms with Gasteiger partial charge in [-0.3, -0.25) is 9.69 Å². The first-order chi connectivity index (χ1) is 13.2. The van der Waals surface area contributed by atoms with E-state index in [1.165, 1.54) is 5.56 Å². The van der Waals surface area contributed by atoms with Gasteiger partial charge in [0.2, 0.25) is 5.91 Å². The zero-order valence-corrected chi connectivity index (χ0v) is 15.6. The Morgan fingerprint density at radius 3 is 2.78 bits per heavy atom. The number of hydrogen-bond donors (Lipinski definition) is 1. The van der Waals surface area contributed by atoms with Crippen molar-refractivity contribution in [2.24, 2.45) is 5.92 Å². The largest absolute Gasteiger partial charge is 0.497 e. The molecule has 1 N–H and O–H groups in total. The summed E-state index contributed by atoms with van der Waals surface area (Å²) in [6.45, 7) is 3.08. The lowest BCUT2D eigenvalue weighted by atomic mass is 9.99. The number of benzene rings is 2. The Morgan fingerprint density at radius 2 is 1.96 bits per heavy atom. The number of morpholine rings is 1. The summed E-state index contributed by atoms with van der Waals surface area (Å²) in [5.41, 5.74) is 2.34. The average Bonchev–Trinajstić information content (AvgIpc) is 3.01. The van der Waals surface area contributed by atoms with Crippen LogP contribution in [0.1, 0.15) is 17.5 Å². The summed E-state index contributed by atoms with van der Waals surface area (Å²) < 4.78 is 11.4. The third-order valence-corrected chi connectivity index (χ3v) is 5.42. The third-order valence-electron chi connectivity index (χ3n) is 5.42. The fourth-order valence-electron chi connectivity index (χ4n) is 4.09. The van der Waals surface area contributed by atoms with E-state index in [0.29, 0.717) is 6.54 Å². The number of methoxy groups -OCH3 is 1.